The van der Waals surface area contributed by atoms with Crippen LogP contribution >= 0.6 is 0 Å². The lowest BCUT2D eigenvalue weighted by Gasteiger charge is -2.04. The van der Waals surface area contributed by atoms with Crippen LogP contribution in [0.1, 0.15) is 23.9 Å². The second kappa shape index (κ2) is 5.69. The molecule has 110 valence electrons. The Morgan fingerprint density at radius 1 is 1.19 bits per heavy atom. The molecule has 0 amide bonds. The summed E-state index contributed by atoms with van der Waals surface area (Å²) in [5, 5.41) is 13.6. The maximum Gasteiger partial charge on any atom is 0.0918 e. The van der Waals surface area contributed by atoms with E-state index in [-0.39, 0.29) is 0 Å². The lowest BCUT2D eigenvalue weighted by molar-refractivity contribution is 0.616. The Morgan fingerprint density at radius 2 is 2.00 bits per heavy atom. The monoisotopic (exact) mass is 283 g/mol. The van der Waals surface area contributed by atoms with E-state index in [9.17, 15) is 0 Å². The molecule has 1 N–H and O–H groups in total. The normalized spacial score (nSPS) is 11.4. The van der Waals surface area contributed by atoms with Crippen LogP contribution in [0.4, 0.5) is 0 Å². The lowest BCUT2D eigenvalue weighted by atomic mass is 10.2. The molecule has 0 unspecified atom stereocenters. The SMILES string of the molecule is CCn1nc(Cn2ncc(CNC)c2C)c2ccccc21. The van der Waals surface area contributed by atoms with Crippen LogP contribution in [0, 0.1) is 6.92 Å². The largest absolute Gasteiger partial charge is 0.316 e. The number of rotatable bonds is 5. The predicted molar refractivity (Wildman–Crippen MR) is 84.2 cm³/mol. The molecule has 0 fully saturated rings. The maximum absolute atomic E-state index is 4.74. The zero-order valence-corrected chi connectivity index (χ0v) is 12.8. The third-order valence-corrected chi connectivity index (χ3v) is 3.91. The molecule has 0 aliphatic heterocycles. The van der Waals surface area contributed by atoms with Crippen LogP contribution in [0.2, 0.25) is 0 Å². The number of aromatic nitrogens is 4. The number of hydrogen-bond acceptors (Lipinski definition) is 3. The first-order valence-electron chi connectivity index (χ1n) is 7.35. The average Bonchev–Trinajstić information content (AvgIpc) is 3.03. The van der Waals surface area contributed by atoms with Gasteiger partial charge in [0.15, 0.2) is 0 Å². The van der Waals surface area contributed by atoms with E-state index >= 15 is 0 Å². The molecule has 21 heavy (non-hydrogen) atoms. The zero-order valence-electron chi connectivity index (χ0n) is 12.8. The highest BCUT2D eigenvalue weighted by Gasteiger charge is 2.12. The van der Waals surface area contributed by atoms with Gasteiger partial charge in [-0.1, -0.05) is 18.2 Å². The van der Waals surface area contributed by atoms with E-state index in [1.165, 1.54) is 22.2 Å². The van der Waals surface area contributed by atoms with Gasteiger partial charge in [-0.3, -0.25) is 9.36 Å². The first-order valence-corrected chi connectivity index (χ1v) is 7.35. The van der Waals surface area contributed by atoms with Crippen LogP contribution in [-0.2, 0) is 19.6 Å². The van der Waals surface area contributed by atoms with E-state index in [2.05, 4.69) is 53.2 Å². The summed E-state index contributed by atoms with van der Waals surface area (Å²) >= 11 is 0. The van der Waals surface area contributed by atoms with Crippen molar-refractivity contribution in [2.24, 2.45) is 0 Å². The molecule has 5 nitrogen and oxygen atoms in total. The van der Waals surface area contributed by atoms with Gasteiger partial charge in [-0.2, -0.15) is 10.2 Å². The van der Waals surface area contributed by atoms with E-state index in [1.54, 1.807) is 0 Å². The quantitative estimate of drug-likeness (QED) is 0.782. The molecular weight excluding hydrogens is 262 g/mol. The minimum absolute atomic E-state index is 0.711. The van der Waals surface area contributed by atoms with Crippen molar-refractivity contribution in [3.05, 3.63) is 47.4 Å². The van der Waals surface area contributed by atoms with Crippen molar-refractivity contribution in [3.63, 3.8) is 0 Å². The predicted octanol–water partition coefficient (Wildman–Crippen LogP) is 2.33. The molecule has 0 bridgehead atoms. The smallest absolute Gasteiger partial charge is 0.0918 e. The van der Waals surface area contributed by atoms with Crippen molar-refractivity contribution >= 4 is 10.9 Å². The van der Waals surface area contributed by atoms with E-state index in [0.717, 1.165) is 18.8 Å². The number of para-hydroxylation sites is 1. The molecule has 5 heteroatoms. The van der Waals surface area contributed by atoms with Gasteiger partial charge in [0.1, 0.15) is 0 Å². The Bertz CT molecular complexity index is 753. The van der Waals surface area contributed by atoms with E-state index in [1.807, 2.05) is 17.9 Å². The fraction of sp³-hybridized carbons (Fsp3) is 0.375. The molecule has 0 aliphatic carbocycles. The standard InChI is InChI=1S/C16H21N5/c1-4-20-16-8-6-5-7-14(16)15(19-20)11-21-12(2)13(9-17-3)10-18-21/h5-8,10,17H,4,9,11H2,1-3H3. The molecule has 0 spiro atoms. The van der Waals surface area contributed by atoms with Gasteiger partial charge < -0.3 is 5.32 Å². The zero-order chi connectivity index (χ0) is 14.8. The molecule has 2 aromatic heterocycles. The Kier molecular flexibility index (Phi) is 3.75. The molecule has 3 rings (SSSR count). The second-order valence-electron chi connectivity index (χ2n) is 5.22. The first kappa shape index (κ1) is 13.8. The lowest BCUT2D eigenvalue weighted by Crippen LogP contribution is -2.09. The molecule has 0 saturated heterocycles. The number of benzene rings is 1. The summed E-state index contributed by atoms with van der Waals surface area (Å²) in [6.45, 7) is 6.66. The van der Waals surface area contributed by atoms with Crippen LogP contribution in [0.15, 0.2) is 30.5 Å². The van der Waals surface area contributed by atoms with Crippen molar-refractivity contribution in [3.8, 4) is 0 Å². The highest BCUT2D eigenvalue weighted by Crippen LogP contribution is 2.20. The third kappa shape index (κ3) is 2.45. The van der Waals surface area contributed by atoms with Gasteiger partial charge in [-0.25, -0.2) is 0 Å². The molecule has 0 aliphatic rings. The number of nitrogens with zero attached hydrogens (tertiary/aromatic N) is 4. The van der Waals surface area contributed by atoms with Crippen molar-refractivity contribution in [1.82, 2.24) is 24.9 Å². The van der Waals surface area contributed by atoms with Crippen LogP contribution in [0.3, 0.4) is 0 Å². The number of hydrogen-bond donors (Lipinski definition) is 1. The first-order chi connectivity index (χ1) is 10.2. The number of aryl methyl sites for hydroxylation is 1. The average molecular weight is 283 g/mol. The van der Waals surface area contributed by atoms with Crippen LogP contribution < -0.4 is 5.32 Å². The van der Waals surface area contributed by atoms with Gasteiger partial charge in [0, 0.05) is 29.7 Å². The fourth-order valence-corrected chi connectivity index (χ4v) is 2.70. The minimum Gasteiger partial charge on any atom is -0.316 e. The summed E-state index contributed by atoms with van der Waals surface area (Å²) in [4.78, 5) is 0. The summed E-state index contributed by atoms with van der Waals surface area (Å²) in [6, 6.07) is 8.38. The van der Waals surface area contributed by atoms with Crippen molar-refractivity contribution in [2.75, 3.05) is 7.05 Å². The molecule has 2 heterocycles. The summed E-state index contributed by atoms with van der Waals surface area (Å²) < 4.78 is 4.08. The Balaban J connectivity index is 1.98. The molecular formula is C16H21N5. The number of nitrogens with one attached hydrogen (secondary N) is 1. The Morgan fingerprint density at radius 3 is 2.76 bits per heavy atom. The van der Waals surface area contributed by atoms with Crippen LogP contribution in [-0.4, -0.2) is 26.6 Å². The Hall–Kier alpha value is -2.14. The van der Waals surface area contributed by atoms with Crippen molar-refractivity contribution in [1.29, 1.82) is 0 Å². The van der Waals surface area contributed by atoms with Gasteiger partial charge in [0.05, 0.1) is 24.0 Å². The molecule has 3 aromatic rings. The molecule has 0 atom stereocenters. The third-order valence-electron chi connectivity index (χ3n) is 3.91. The van der Waals surface area contributed by atoms with E-state index < -0.39 is 0 Å². The number of fused-ring (bicyclic) bond motifs is 1. The fourth-order valence-electron chi connectivity index (χ4n) is 2.70. The van der Waals surface area contributed by atoms with Gasteiger partial charge >= 0.3 is 0 Å². The highest BCUT2D eigenvalue weighted by molar-refractivity contribution is 5.81. The van der Waals surface area contributed by atoms with Gasteiger partial charge in [0.25, 0.3) is 0 Å². The van der Waals surface area contributed by atoms with Gasteiger partial charge in [-0.05, 0) is 27.0 Å². The Labute approximate surface area is 124 Å². The summed E-state index contributed by atoms with van der Waals surface area (Å²) in [5.41, 5.74) is 4.70. The second-order valence-corrected chi connectivity index (χ2v) is 5.22. The van der Waals surface area contributed by atoms with Crippen molar-refractivity contribution < 1.29 is 0 Å². The summed E-state index contributed by atoms with van der Waals surface area (Å²) in [6.07, 6.45) is 1.94. The van der Waals surface area contributed by atoms with E-state index in [4.69, 9.17) is 5.10 Å². The molecule has 0 saturated carbocycles. The molecule has 1 aromatic carbocycles. The van der Waals surface area contributed by atoms with Crippen LogP contribution in [0.5, 0.6) is 0 Å². The van der Waals surface area contributed by atoms with Gasteiger partial charge in [-0.15, -0.1) is 0 Å². The highest BCUT2D eigenvalue weighted by atomic mass is 15.3. The van der Waals surface area contributed by atoms with E-state index in [0.29, 0.717) is 6.54 Å². The van der Waals surface area contributed by atoms with Crippen molar-refractivity contribution in [2.45, 2.75) is 33.5 Å². The topological polar surface area (TPSA) is 47.7 Å². The van der Waals surface area contributed by atoms with Gasteiger partial charge in [0.2, 0.25) is 0 Å². The summed E-state index contributed by atoms with van der Waals surface area (Å²) in [7, 11) is 1.95. The maximum atomic E-state index is 4.74. The van der Waals surface area contributed by atoms with Crippen LogP contribution in [0.25, 0.3) is 10.9 Å². The summed E-state index contributed by atoms with van der Waals surface area (Å²) in [5.74, 6) is 0. The minimum atomic E-state index is 0.711. The molecule has 0 radical (unpaired) electrons.